The third kappa shape index (κ3) is 3.15. The van der Waals surface area contributed by atoms with Gasteiger partial charge in [-0.2, -0.15) is 4.98 Å². The zero-order valence-corrected chi connectivity index (χ0v) is 17.0. The maximum Gasteiger partial charge on any atom is 0.263 e. The molecule has 8 nitrogen and oxygen atoms in total. The first-order valence-electron chi connectivity index (χ1n) is 9.54. The summed E-state index contributed by atoms with van der Waals surface area (Å²) in [5.41, 5.74) is 2.17. The molecule has 0 saturated carbocycles. The van der Waals surface area contributed by atoms with Crippen LogP contribution in [0.1, 0.15) is 29.1 Å². The minimum Gasteiger partial charge on any atom is -0.351 e. The normalized spacial score (nSPS) is 18.6. The van der Waals surface area contributed by atoms with E-state index in [2.05, 4.69) is 25.0 Å². The second-order valence-electron chi connectivity index (χ2n) is 7.19. The highest BCUT2D eigenvalue weighted by molar-refractivity contribution is 7.98. The van der Waals surface area contributed by atoms with Crippen LogP contribution in [0.25, 0.3) is 11.4 Å². The van der Waals surface area contributed by atoms with E-state index in [1.165, 1.54) is 11.8 Å². The molecular weight excluding hydrogens is 388 g/mol. The number of hydrogen-bond donors (Lipinski definition) is 0. The van der Waals surface area contributed by atoms with Gasteiger partial charge in [-0.25, -0.2) is 9.97 Å². The van der Waals surface area contributed by atoms with Gasteiger partial charge in [0.2, 0.25) is 11.7 Å². The zero-order valence-electron chi connectivity index (χ0n) is 16.2. The molecule has 9 heteroatoms. The third-order valence-electron chi connectivity index (χ3n) is 5.39. The molecule has 2 aromatic heterocycles. The van der Waals surface area contributed by atoms with Gasteiger partial charge in [0.15, 0.2) is 5.16 Å². The molecule has 3 aromatic rings. The molecule has 1 unspecified atom stereocenters. The fourth-order valence-corrected chi connectivity index (χ4v) is 4.36. The Hall–Kier alpha value is -2.94. The Bertz CT molecular complexity index is 1080. The summed E-state index contributed by atoms with van der Waals surface area (Å²) < 4.78 is 5.10. The van der Waals surface area contributed by atoms with Gasteiger partial charge in [0, 0.05) is 43.5 Å². The molecule has 0 radical (unpaired) electrons. The molecule has 148 valence electrons. The van der Waals surface area contributed by atoms with Gasteiger partial charge in [0.25, 0.3) is 5.91 Å². The first-order valence-corrected chi connectivity index (χ1v) is 10.8. The molecule has 1 atom stereocenters. The maximum atomic E-state index is 13.5. The van der Waals surface area contributed by atoms with Crippen LogP contribution in [0.4, 0.5) is 11.5 Å². The quantitative estimate of drug-likeness (QED) is 0.482. The van der Waals surface area contributed by atoms with E-state index in [1.807, 2.05) is 35.4 Å². The Kier molecular flexibility index (Phi) is 4.46. The Balaban J connectivity index is 1.58. The molecule has 1 fully saturated rings. The highest BCUT2D eigenvalue weighted by atomic mass is 32.2. The molecule has 1 amide bonds. The van der Waals surface area contributed by atoms with E-state index < -0.39 is 0 Å². The van der Waals surface area contributed by atoms with E-state index in [4.69, 9.17) is 4.52 Å². The van der Waals surface area contributed by atoms with Crippen molar-refractivity contribution < 1.29 is 9.32 Å². The third-order valence-corrected chi connectivity index (χ3v) is 5.95. The van der Waals surface area contributed by atoms with Crippen molar-refractivity contribution >= 4 is 29.2 Å². The molecule has 0 spiro atoms. The summed E-state index contributed by atoms with van der Waals surface area (Å²) in [6, 6.07) is 7.94. The number of carbonyl (C=O) groups is 1. The number of carbonyl (C=O) groups excluding carboxylic acids is 1. The van der Waals surface area contributed by atoms with Gasteiger partial charge < -0.3 is 14.3 Å². The first-order chi connectivity index (χ1) is 14.1. The number of thioether (sulfide) groups is 1. The number of aryl methyl sites for hydroxylation is 1. The summed E-state index contributed by atoms with van der Waals surface area (Å²) in [6.45, 7) is 3.28. The maximum absolute atomic E-state index is 13.5. The van der Waals surface area contributed by atoms with Gasteiger partial charge in [-0.05, 0) is 31.2 Å². The van der Waals surface area contributed by atoms with Crippen molar-refractivity contribution in [3.05, 3.63) is 41.9 Å². The van der Waals surface area contributed by atoms with Crippen LogP contribution in [-0.4, -0.2) is 51.4 Å². The molecule has 1 saturated heterocycles. The smallest absolute Gasteiger partial charge is 0.263 e. The van der Waals surface area contributed by atoms with Crippen molar-refractivity contribution in [1.29, 1.82) is 0 Å². The van der Waals surface area contributed by atoms with Crippen LogP contribution < -0.4 is 9.80 Å². The van der Waals surface area contributed by atoms with Gasteiger partial charge in [-0.3, -0.25) is 4.79 Å². The van der Waals surface area contributed by atoms with Crippen molar-refractivity contribution in [1.82, 2.24) is 20.1 Å². The number of aromatic nitrogens is 4. The zero-order chi connectivity index (χ0) is 20.0. The number of hydrogen-bond acceptors (Lipinski definition) is 8. The molecule has 4 heterocycles. The monoisotopic (exact) mass is 408 g/mol. The van der Waals surface area contributed by atoms with Crippen LogP contribution in [0.3, 0.4) is 0 Å². The lowest BCUT2D eigenvalue weighted by atomic mass is 10.1. The van der Waals surface area contributed by atoms with E-state index in [0.29, 0.717) is 29.0 Å². The van der Waals surface area contributed by atoms with Gasteiger partial charge >= 0.3 is 0 Å². The van der Waals surface area contributed by atoms with Crippen LogP contribution in [-0.2, 0) is 0 Å². The molecule has 5 rings (SSSR count). The standard InChI is InChI=1S/C20H20N6O2S/c1-12-22-17(24-28-12)13-5-3-6-14(9-13)26-11-15-7-4-8-25(15)18-16(19(26)27)10-21-20(23-18)29-2/h3,5-6,9-10,15H,4,7-8,11H2,1-2H3. The lowest BCUT2D eigenvalue weighted by Crippen LogP contribution is -2.39. The number of anilines is 2. The Morgan fingerprint density at radius 2 is 2.17 bits per heavy atom. The summed E-state index contributed by atoms with van der Waals surface area (Å²) in [5, 5.41) is 4.68. The number of nitrogens with zero attached hydrogens (tertiary/aromatic N) is 6. The van der Waals surface area contributed by atoms with Crippen LogP contribution in [0.5, 0.6) is 0 Å². The van der Waals surface area contributed by atoms with Crippen LogP contribution in [0, 0.1) is 6.92 Å². The van der Waals surface area contributed by atoms with E-state index >= 15 is 0 Å². The lowest BCUT2D eigenvalue weighted by molar-refractivity contribution is 0.0988. The first kappa shape index (κ1) is 18.1. The van der Waals surface area contributed by atoms with Gasteiger partial charge in [-0.15, -0.1) is 0 Å². The molecule has 2 aliphatic heterocycles. The van der Waals surface area contributed by atoms with Crippen molar-refractivity contribution in [2.24, 2.45) is 0 Å². The topological polar surface area (TPSA) is 88.2 Å². The molecule has 2 aliphatic rings. The fraction of sp³-hybridized carbons (Fsp3) is 0.350. The second-order valence-corrected chi connectivity index (χ2v) is 7.96. The summed E-state index contributed by atoms with van der Waals surface area (Å²) in [7, 11) is 0. The largest absolute Gasteiger partial charge is 0.351 e. The van der Waals surface area contributed by atoms with Gasteiger partial charge in [-0.1, -0.05) is 29.1 Å². The van der Waals surface area contributed by atoms with Crippen molar-refractivity contribution in [2.45, 2.75) is 31.0 Å². The van der Waals surface area contributed by atoms with Crippen molar-refractivity contribution in [3.8, 4) is 11.4 Å². The number of amides is 1. The van der Waals surface area contributed by atoms with E-state index in [-0.39, 0.29) is 11.9 Å². The van der Waals surface area contributed by atoms with Crippen LogP contribution in [0.2, 0.25) is 0 Å². The van der Waals surface area contributed by atoms with Crippen LogP contribution >= 0.6 is 11.8 Å². The van der Waals surface area contributed by atoms with Gasteiger partial charge in [0.05, 0.1) is 0 Å². The summed E-state index contributed by atoms with van der Waals surface area (Å²) in [6.07, 6.45) is 5.73. The molecule has 0 bridgehead atoms. The predicted octanol–water partition coefficient (Wildman–Crippen LogP) is 3.19. The number of benzene rings is 1. The highest BCUT2D eigenvalue weighted by Crippen LogP contribution is 2.35. The SMILES string of the molecule is CSc1ncc2c(n1)N1CCCC1CN(c1cccc(-c3noc(C)n3)c1)C2=O. The molecule has 29 heavy (non-hydrogen) atoms. The fourth-order valence-electron chi connectivity index (χ4n) is 4.02. The number of fused-ring (bicyclic) bond motifs is 3. The Labute approximate surface area is 172 Å². The summed E-state index contributed by atoms with van der Waals surface area (Å²) in [4.78, 5) is 30.9. The lowest BCUT2D eigenvalue weighted by Gasteiger charge is -2.27. The van der Waals surface area contributed by atoms with Crippen molar-refractivity contribution in [2.75, 3.05) is 29.1 Å². The molecule has 0 aliphatic carbocycles. The average Bonchev–Trinajstić information content (AvgIpc) is 3.37. The Morgan fingerprint density at radius 1 is 1.28 bits per heavy atom. The summed E-state index contributed by atoms with van der Waals surface area (Å²) in [5.74, 6) is 1.70. The predicted molar refractivity (Wildman–Crippen MR) is 110 cm³/mol. The minimum atomic E-state index is -0.0801. The van der Waals surface area contributed by atoms with E-state index in [9.17, 15) is 4.79 Å². The molecule has 0 N–H and O–H groups in total. The minimum absolute atomic E-state index is 0.0801. The summed E-state index contributed by atoms with van der Waals surface area (Å²) >= 11 is 1.49. The second kappa shape index (κ2) is 7.14. The van der Waals surface area contributed by atoms with Crippen LogP contribution in [0.15, 0.2) is 40.1 Å². The highest BCUT2D eigenvalue weighted by Gasteiger charge is 2.37. The Morgan fingerprint density at radius 3 is 2.97 bits per heavy atom. The molecule has 1 aromatic carbocycles. The van der Waals surface area contributed by atoms with Gasteiger partial charge in [0.1, 0.15) is 11.4 Å². The van der Waals surface area contributed by atoms with E-state index in [0.717, 1.165) is 36.5 Å². The number of rotatable bonds is 3. The van der Waals surface area contributed by atoms with Crippen molar-refractivity contribution in [3.63, 3.8) is 0 Å². The van der Waals surface area contributed by atoms with E-state index in [1.54, 1.807) is 13.1 Å². The molecular formula is C20H20N6O2S. The average molecular weight is 408 g/mol.